The van der Waals surface area contributed by atoms with E-state index in [0.717, 1.165) is 39.1 Å². The molecule has 0 aliphatic carbocycles. The van der Waals surface area contributed by atoms with Gasteiger partial charge in [0.25, 0.3) is 0 Å². The summed E-state index contributed by atoms with van der Waals surface area (Å²) in [5, 5.41) is 12.1. The Morgan fingerprint density at radius 2 is 2.09 bits per heavy atom. The number of hydrogen-bond donors (Lipinski definition) is 2. The fourth-order valence-electron chi connectivity index (χ4n) is 2.47. The van der Waals surface area contributed by atoms with Gasteiger partial charge in [0.1, 0.15) is 0 Å². The normalized spacial score (nSPS) is 16.3. The van der Waals surface area contributed by atoms with Crippen LogP contribution in [0.4, 0.5) is 0 Å². The molecule has 0 saturated carbocycles. The van der Waals surface area contributed by atoms with Crippen LogP contribution in [-0.2, 0) is 15.8 Å². The molecular weight excluding hydrogens is 300 g/mol. The molecule has 1 saturated heterocycles. The van der Waals surface area contributed by atoms with Gasteiger partial charge >= 0.3 is 0 Å². The maximum Gasteiger partial charge on any atom is 0.215 e. The second-order valence-electron chi connectivity index (χ2n) is 5.41. The summed E-state index contributed by atoms with van der Waals surface area (Å²) in [5.41, 5.74) is 1.11. The van der Waals surface area contributed by atoms with Crippen molar-refractivity contribution in [2.24, 2.45) is 0 Å². The van der Waals surface area contributed by atoms with Crippen molar-refractivity contribution in [3.05, 3.63) is 35.4 Å². The van der Waals surface area contributed by atoms with E-state index in [0.29, 0.717) is 17.7 Å². The lowest BCUT2D eigenvalue weighted by atomic mass is 10.2. The standard InChI is InChI=1S/C15H22N4O2S/c16-12-14-3-1-4-15(11-14)13-22(20,21)18-5-2-8-19-9-6-17-7-10-19/h1,3-4,11,17-18H,2,5-10,13H2. The van der Waals surface area contributed by atoms with Gasteiger partial charge in [-0.1, -0.05) is 12.1 Å². The van der Waals surface area contributed by atoms with E-state index in [-0.39, 0.29) is 5.75 Å². The van der Waals surface area contributed by atoms with Crippen molar-refractivity contribution < 1.29 is 8.42 Å². The van der Waals surface area contributed by atoms with Crippen LogP contribution in [0.1, 0.15) is 17.5 Å². The van der Waals surface area contributed by atoms with E-state index in [9.17, 15) is 8.42 Å². The Morgan fingerprint density at radius 1 is 1.32 bits per heavy atom. The number of hydrogen-bond acceptors (Lipinski definition) is 5. The van der Waals surface area contributed by atoms with E-state index in [2.05, 4.69) is 14.9 Å². The van der Waals surface area contributed by atoms with Crippen LogP contribution in [0.2, 0.25) is 0 Å². The summed E-state index contributed by atoms with van der Waals surface area (Å²) in [6, 6.07) is 8.72. The molecule has 2 N–H and O–H groups in total. The molecule has 0 aromatic heterocycles. The van der Waals surface area contributed by atoms with Crippen molar-refractivity contribution in [1.29, 1.82) is 5.26 Å². The van der Waals surface area contributed by atoms with Gasteiger partial charge in [-0.3, -0.25) is 0 Å². The first kappa shape index (κ1) is 16.9. The highest BCUT2D eigenvalue weighted by Gasteiger charge is 2.12. The molecule has 0 unspecified atom stereocenters. The molecule has 7 heteroatoms. The third-order valence-electron chi connectivity index (χ3n) is 3.60. The Hall–Kier alpha value is -1.46. The zero-order valence-electron chi connectivity index (χ0n) is 12.6. The van der Waals surface area contributed by atoms with Gasteiger partial charge < -0.3 is 10.2 Å². The third-order valence-corrected chi connectivity index (χ3v) is 4.95. The van der Waals surface area contributed by atoms with Gasteiger partial charge in [0, 0.05) is 32.7 Å². The van der Waals surface area contributed by atoms with Crippen LogP contribution in [0.3, 0.4) is 0 Å². The van der Waals surface area contributed by atoms with Crippen molar-refractivity contribution >= 4 is 10.0 Å². The summed E-state index contributed by atoms with van der Waals surface area (Å²) in [5.74, 6) is -0.0871. The van der Waals surface area contributed by atoms with Crippen LogP contribution in [0.15, 0.2) is 24.3 Å². The van der Waals surface area contributed by atoms with Gasteiger partial charge in [0.05, 0.1) is 17.4 Å². The molecule has 120 valence electrons. The maximum atomic E-state index is 12.0. The second kappa shape index (κ2) is 8.25. The van der Waals surface area contributed by atoms with Crippen LogP contribution in [0, 0.1) is 11.3 Å². The molecule has 1 aliphatic heterocycles. The Labute approximate surface area is 132 Å². The van der Waals surface area contributed by atoms with Crippen molar-refractivity contribution in [3.8, 4) is 6.07 Å². The van der Waals surface area contributed by atoms with Crippen LogP contribution in [0.5, 0.6) is 0 Å². The predicted octanol–water partition coefficient (Wildman–Crippen LogP) is 0.273. The summed E-state index contributed by atoms with van der Waals surface area (Å²) in [6.07, 6.45) is 0.803. The van der Waals surface area contributed by atoms with Crippen molar-refractivity contribution in [2.45, 2.75) is 12.2 Å². The average Bonchev–Trinajstić information content (AvgIpc) is 2.52. The summed E-state index contributed by atoms with van der Waals surface area (Å²) >= 11 is 0. The number of piperazine rings is 1. The minimum Gasteiger partial charge on any atom is -0.314 e. The number of benzene rings is 1. The highest BCUT2D eigenvalue weighted by molar-refractivity contribution is 7.88. The highest BCUT2D eigenvalue weighted by atomic mass is 32.2. The minimum absolute atomic E-state index is 0.0871. The van der Waals surface area contributed by atoms with E-state index in [1.807, 2.05) is 6.07 Å². The minimum atomic E-state index is -3.35. The topological polar surface area (TPSA) is 85.2 Å². The average molecular weight is 322 g/mol. The first-order valence-electron chi connectivity index (χ1n) is 7.48. The molecule has 0 bridgehead atoms. The molecule has 0 spiro atoms. The van der Waals surface area contributed by atoms with Gasteiger partial charge in [0.2, 0.25) is 10.0 Å². The van der Waals surface area contributed by atoms with Gasteiger partial charge in [-0.25, -0.2) is 13.1 Å². The first-order valence-corrected chi connectivity index (χ1v) is 9.14. The molecule has 1 heterocycles. The molecule has 6 nitrogen and oxygen atoms in total. The van der Waals surface area contributed by atoms with Crippen LogP contribution >= 0.6 is 0 Å². The molecule has 0 radical (unpaired) electrons. The van der Waals surface area contributed by atoms with E-state index in [4.69, 9.17) is 5.26 Å². The zero-order chi connectivity index (χ0) is 15.8. The van der Waals surface area contributed by atoms with Crippen molar-refractivity contribution in [1.82, 2.24) is 14.9 Å². The Morgan fingerprint density at radius 3 is 2.82 bits per heavy atom. The monoisotopic (exact) mass is 322 g/mol. The van der Waals surface area contributed by atoms with Crippen LogP contribution < -0.4 is 10.0 Å². The molecule has 1 aromatic carbocycles. The molecule has 2 rings (SSSR count). The summed E-state index contributed by atoms with van der Waals surface area (Å²) in [7, 11) is -3.35. The number of nitrogens with one attached hydrogen (secondary N) is 2. The number of rotatable bonds is 7. The molecular formula is C15H22N4O2S. The fraction of sp³-hybridized carbons (Fsp3) is 0.533. The van der Waals surface area contributed by atoms with Gasteiger partial charge in [-0.05, 0) is 30.7 Å². The largest absolute Gasteiger partial charge is 0.314 e. The summed E-state index contributed by atoms with van der Waals surface area (Å²) < 4.78 is 26.7. The van der Waals surface area contributed by atoms with E-state index in [1.165, 1.54) is 0 Å². The molecule has 1 fully saturated rings. The second-order valence-corrected chi connectivity index (χ2v) is 7.22. The number of nitriles is 1. The predicted molar refractivity (Wildman–Crippen MR) is 85.7 cm³/mol. The number of sulfonamides is 1. The number of nitrogens with zero attached hydrogens (tertiary/aromatic N) is 2. The van der Waals surface area contributed by atoms with E-state index in [1.54, 1.807) is 24.3 Å². The Kier molecular flexibility index (Phi) is 6.34. The Bertz CT molecular complexity index is 619. The smallest absolute Gasteiger partial charge is 0.215 e. The SMILES string of the molecule is N#Cc1cccc(CS(=O)(=O)NCCCN2CCNCC2)c1. The van der Waals surface area contributed by atoms with Crippen LogP contribution in [0.25, 0.3) is 0 Å². The fourth-order valence-corrected chi connectivity index (χ4v) is 3.64. The third kappa shape index (κ3) is 5.73. The first-order chi connectivity index (χ1) is 10.6. The van der Waals surface area contributed by atoms with Gasteiger partial charge in [0.15, 0.2) is 0 Å². The van der Waals surface area contributed by atoms with Gasteiger partial charge in [-0.2, -0.15) is 5.26 Å². The lowest BCUT2D eigenvalue weighted by Crippen LogP contribution is -2.44. The maximum absolute atomic E-state index is 12.0. The summed E-state index contributed by atoms with van der Waals surface area (Å²) in [4.78, 5) is 2.33. The van der Waals surface area contributed by atoms with Crippen LogP contribution in [-0.4, -0.2) is 52.6 Å². The molecule has 1 aliphatic rings. The quantitative estimate of drug-likeness (QED) is 0.704. The molecule has 0 atom stereocenters. The highest BCUT2D eigenvalue weighted by Crippen LogP contribution is 2.08. The van der Waals surface area contributed by atoms with E-state index >= 15 is 0 Å². The van der Waals surface area contributed by atoms with Gasteiger partial charge in [-0.15, -0.1) is 0 Å². The van der Waals surface area contributed by atoms with Crippen molar-refractivity contribution in [2.75, 3.05) is 39.3 Å². The Balaban J connectivity index is 1.74. The van der Waals surface area contributed by atoms with E-state index < -0.39 is 10.0 Å². The molecule has 1 aromatic rings. The molecule has 22 heavy (non-hydrogen) atoms. The zero-order valence-corrected chi connectivity index (χ0v) is 13.4. The van der Waals surface area contributed by atoms with Crippen molar-refractivity contribution in [3.63, 3.8) is 0 Å². The molecule has 0 amide bonds. The lowest BCUT2D eigenvalue weighted by Gasteiger charge is -2.27. The lowest BCUT2D eigenvalue weighted by molar-refractivity contribution is 0.239. The summed E-state index contributed by atoms with van der Waals surface area (Å²) in [6.45, 7) is 5.40.